The van der Waals surface area contributed by atoms with Gasteiger partial charge in [-0.25, -0.2) is 4.98 Å². The monoisotopic (exact) mass is 299 g/mol. The quantitative estimate of drug-likeness (QED) is 0.462. The second kappa shape index (κ2) is 7.16. The van der Waals surface area contributed by atoms with Crippen molar-refractivity contribution in [2.45, 2.75) is 18.9 Å². The van der Waals surface area contributed by atoms with Gasteiger partial charge in [0.1, 0.15) is 6.20 Å². The lowest BCUT2D eigenvalue weighted by molar-refractivity contribution is -0.384. The largest absolute Gasteiger partial charge is 0.378 e. The number of aromatic nitrogens is 2. The number of rotatable bonds is 7. The number of nitrogens with zero attached hydrogens (tertiary/aromatic N) is 3. The van der Waals surface area contributed by atoms with Crippen LogP contribution in [0.3, 0.4) is 0 Å². The molecule has 0 bridgehead atoms. The van der Waals surface area contributed by atoms with Gasteiger partial charge in [0.05, 0.1) is 11.0 Å². The van der Waals surface area contributed by atoms with Gasteiger partial charge >= 0.3 is 5.69 Å². The maximum absolute atomic E-state index is 10.7. The Kier molecular flexibility index (Phi) is 5.02. The van der Waals surface area contributed by atoms with Gasteiger partial charge in [0.2, 0.25) is 11.8 Å². The van der Waals surface area contributed by atoms with Crippen LogP contribution in [0.25, 0.3) is 0 Å². The smallest absolute Gasteiger partial charge is 0.329 e. The second-order valence-electron chi connectivity index (χ2n) is 4.69. The summed E-state index contributed by atoms with van der Waals surface area (Å²) in [6, 6.07) is 9.80. The molecule has 1 heterocycles. The molecule has 7 nitrogen and oxygen atoms in total. The maximum Gasteiger partial charge on any atom is 0.329 e. The SMILES string of the molecule is C=CCCC(Nc1ncc([N+](=O)[O-])c(N)n1)c1ccccc1. The van der Waals surface area contributed by atoms with Crippen LogP contribution >= 0.6 is 0 Å². The highest BCUT2D eigenvalue weighted by Gasteiger charge is 2.17. The van der Waals surface area contributed by atoms with E-state index in [2.05, 4.69) is 21.9 Å². The van der Waals surface area contributed by atoms with E-state index >= 15 is 0 Å². The molecule has 7 heteroatoms. The van der Waals surface area contributed by atoms with Crippen molar-refractivity contribution in [2.75, 3.05) is 11.1 Å². The summed E-state index contributed by atoms with van der Waals surface area (Å²) in [5.41, 5.74) is 6.36. The van der Waals surface area contributed by atoms with Gasteiger partial charge in [-0.1, -0.05) is 36.4 Å². The number of nitro groups is 1. The summed E-state index contributed by atoms with van der Waals surface area (Å²) in [5.74, 6) is 0.110. The van der Waals surface area contributed by atoms with E-state index in [1.54, 1.807) is 0 Å². The molecule has 0 spiro atoms. The van der Waals surface area contributed by atoms with Gasteiger partial charge in [0.25, 0.3) is 0 Å². The van der Waals surface area contributed by atoms with E-state index in [-0.39, 0.29) is 23.5 Å². The third kappa shape index (κ3) is 3.78. The summed E-state index contributed by atoms with van der Waals surface area (Å²) in [6.45, 7) is 3.72. The van der Waals surface area contributed by atoms with E-state index in [4.69, 9.17) is 5.73 Å². The van der Waals surface area contributed by atoms with Crippen molar-refractivity contribution in [3.63, 3.8) is 0 Å². The summed E-state index contributed by atoms with van der Waals surface area (Å²) in [7, 11) is 0. The van der Waals surface area contributed by atoms with Crippen LogP contribution < -0.4 is 11.1 Å². The van der Waals surface area contributed by atoms with Gasteiger partial charge in [0, 0.05) is 0 Å². The van der Waals surface area contributed by atoms with Gasteiger partial charge < -0.3 is 11.1 Å². The molecule has 3 N–H and O–H groups in total. The summed E-state index contributed by atoms with van der Waals surface area (Å²) in [5, 5.41) is 13.9. The Morgan fingerprint density at radius 3 is 2.73 bits per heavy atom. The highest BCUT2D eigenvalue weighted by Crippen LogP contribution is 2.24. The summed E-state index contributed by atoms with van der Waals surface area (Å²) in [6.07, 6.45) is 4.56. The first kappa shape index (κ1) is 15.4. The average molecular weight is 299 g/mol. The molecule has 2 aromatic rings. The lowest BCUT2D eigenvalue weighted by Crippen LogP contribution is -2.14. The molecule has 0 saturated carbocycles. The van der Waals surface area contributed by atoms with Gasteiger partial charge in [-0.3, -0.25) is 10.1 Å². The van der Waals surface area contributed by atoms with Gasteiger partial charge in [-0.2, -0.15) is 4.98 Å². The zero-order valence-corrected chi connectivity index (χ0v) is 12.0. The number of benzene rings is 1. The van der Waals surface area contributed by atoms with Crippen LogP contribution in [0.4, 0.5) is 17.5 Å². The third-order valence-electron chi connectivity index (χ3n) is 3.16. The Morgan fingerprint density at radius 1 is 1.41 bits per heavy atom. The average Bonchev–Trinajstić information content (AvgIpc) is 2.52. The van der Waals surface area contributed by atoms with Crippen molar-refractivity contribution < 1.29 is 4.92 Å². The Hall–Kier alpha value is -2.96. The van der Waals surface area contributed by atoms with Crippen molar-refractivity contribution in [2.24, 2.45) is 0 Å². The van der Waals surface area contributed by atoms with Crippen LogP contribution in [0.1, 0.15) is 24.4 Å². The molecule has 0 amide bonds. The number of allylic oxidation sites excluding steroid dienone is 1. The molecule has 1 atom stereocenters. The molecule has 1 aromatic carbocycles. The summed E-state index contributed by atoms with van der Waals surface area (Å²) < 4.78 is 0. The molecule has 0 saturated heterocycles. The van der Waals surface area contributed by atoms with E-state index < -0.39 is 4.92 Å². The van der Waals surface area contributed by atoms with Gasteiger partial charge in [-0.05, 0) is 18.4 Å². The molecular formula is C15H17N5O2. The van der Waals surface area contributed by atoms with E-state index in [0.717, 1.165) is 24.6 Å². The van der Waals surface area contributed by atoms with Crippen LogP contribution in [0.5, 0.6) is 0 Å². The first-order valence-electron chi connectivity index (χ1n) is 6.81. The van der Waals surface area contributed by atoms with Crippen LogP contribution in [-0.2, 0) is 0 Å². The zero-order valence-electron chi connectivity index (χ0n) is 12.0. The van der Waals surface area contributed by atoms with Gasteiger partial charge in [0.15, 0.2) is 0 Å². The molecule has 2 rings (SSSR count). The van der Waals surface area contributed by atoms with E-state index in [0.29, 0.717) is 0 Å². The topological polar surface area (TPSA) is 107 Å². The second-order valence-corrected chi connectivity index (χ2v) is 4.69. The number of nitrogens with one attached hydrogen (secondary N) is 1. The maximum atomic E-state index is 10.7. The fourth-order valence-corrected chi connectivity index (χ4v) is 2.05. The molecule has 22 heavy (non-hydrogen) atoms. The van der Waals surface area contributed by atoms with Crippen molar-refractivity contribution in [3.8, 4) is 0 Å². The third-order valence-corrected chi connectivity index (χ3v) is 3.16. The molecule has 0 fully saturated rings. The Balaban J connectivity index is 2.21. The number of anilines is 2. The first-order valence-corrected chi connectivity index (χ1v) is 6.81. The van der Waals surface area contributed by atoms with Crippen molar-refractivity contribution in [1.29, 1.82) is 0 Å². The molecule has 0 radical (unpaired) electrons. The van der Waals surface area contributed by atoms with E-state index in [9.17, 15) is 10.1 Å². The molecule has 0 aliphatic rings. The van der Waals surface area contributed by atoms with E-state index in [1.165, 1.54) is 0 Å². The van der Waals surface area contributed by atoms with Crippen LogP contribution in [0.2, 0.25) is 0 Å². The molecule has 0 aliphatic carbocycles. The number of hydrogen-bond donors (Lipinski definition) is 2. The highest BCUT2D eigenvalue weighted by molar-refractivity contribution is 5.53. The standard InChI is InChI=1S/C15H17N5O2/c1-2-3-9-12(11-7-5-4-6-8-11)18-15-17-10-13(20(21)22)14(16)19-15/h2,4-8,10,12H,1,3,9H2,(H3,16,17,18,19). The lowest BCUT2D eigenvalue weighted by Gasteiger charge is -2.18. The molecule has 1 aromatic heterocycles. The van der Waals surface area contributed by atoms with E-state index in [1.807, 2.05) is 36.4 Å². The van der Waals surface area contributed by atoms with Crippen molar-refractivity contribution >= 4 is 17.5 Å². The molecule has 0 aliphatic heterocycles. The lowest BCUT2D eigenvalue weighted by atomic mass is 10.0. The van der Waals surface area contributed by atoms with Crippen LogP contribution in [0, 0.1) is 10.1 Å². The first-order chi connectivity index (χ1) is 10.6. The Morgan fingerprint density at radius 2 is 2.14 bits per heavy atom. The highest BCUT2D eigenvalue weighted by atomic mass is 16.6. The predicted molar refractivity (Wildman–Crippen MR) is 85.3 cm³/mol. The fraction of sp³-hybridized carbons (Fsp3) is 0.200. The van der Waals surface area contributed by atoms with Crippen LogP contribution in [-0.4, -0.2) is 14.9 Å². The molecular weight excluding hydrogens is 282 g/mol. The van der Waals surface area contributed by atoms with Gasteiger partial charge in [-0.15, -0.1) is 6.58 Å². The zero-order chi connectivity index (χ0) is 15.9. The predicted octanol–water partition coefficient (Wildman–Crippen LogP) is 3.09. The Bertz CT molecular complexity index is 660. The van der Waals surface area contributed by atoms with Crippen LogP contribution in [0.15, 0.2) is 49.2 Å². The summed E-state index contributed by atoms with van der Waals surface area (Å²) >= 11 is 0. The van der Waals surface area contributed by atoms with Crippen molar-refractivity contribution in [1.82, 2.24) is 9.97 Å². The summed E-state index contributed by atoms with van der Waals surface area (Å²) in [4.78, 5) is 18.0. The number of hydrogen-bond acceptors (Lipinski definition) is 6. The van der Waals surface area contributed by atoms with Crippen molar-refractivity contribution in [3.05, 3.63) is 64.9 Å². The normalized spacial score (nSPS) is 11.6. The molecule has 1 unspecified atom stereocenters. The minimum Gasteiger partial charge on any atom is -0.378 e. The number of nitrogens with two attached hydrogens (primary N) is 1. The molecule has 114 valence electrons. The Labute approximate surface area is 128 Å². The number of nitrogen functional groups attached to an aromatic ring is 1. The minimum atomic E-state index is -0.606. The minimum absolute atomic E-state index is 0.0277. The fourth-order valence-electron chi connectivity index (χ4n) is 2.05.